The van der Waals surface area contributed by atoms with Crippen molar-refractivity contribution in [1.29, 1.82) is 0 Å². The molecule has 0 aliphatic rings. The van der Waals surface area contributed by atoms with Gasteiger partial charge in [0.05, 0.1) is 5.69 Å². The van der Waals surface area contributed by atoms with Gasteiger partial charge in [0.25, 0.3) is 0 Å². The molecular formula is C11H7Br2N. The van der Waals surface area contributed by atoms with Gasteiger partial charge in [0.2, 0.25) is 0 Å². The van der Waals surface area contributed by atoms with E-state index in [1.807, 2.05) is 36.4 Å². The predicted octanol–water partition coefficient (Wildman–Crippen LogP) is 4.27. The van der Waals surface area contributed by atoms with Gasteiger partial charge in [-0.05, 0) is 40.2 Å². The molecule has 0 bridgehead atoms. The predicted molar refractivity (Wildman–Crippen MR) is 65.1 cm³/mol. The molecule has 70 valence electrons. The van der Waals surface area contributed by atoms with Crippen molar-refractivity contribution in [3.8, 4) is 11.3 Å². The maximum atomic E-state index is 4.38. The first-order valence-electron chi connectivity index (χ1n) is 4.14. The van der Waals surface area contributed by atoms with Crippen molar-refractivity contribution in [3.63, 3.8) is 0 Å². The summed E-state index contributed by atoms with van der Waals surface area (Å²) in [7, 11) is 0. The quantitative estimate of drug-likeness (QED) is 0.716. The first-order valence-corrected chi connectivity index (χ1v) is 5.73. The Morgan fingerprint density at radius 1 is 0.929 bits per heavy atom. The highest BCUT2D eigenvalue weighted by molar-refractivity contribution is 9.10. The topological polar surface area (TPSA) is 12.9 Å². The summed E-state index contributed by atoms with van der Waals surface area (Å²) in [6, 6.07) is 14.0. The minimum atomic E-state index is 0.856. The fourth-order valence-corrected chi connectivity index (χ4v) is 1.96. The molecule has 0 saturated heterocycles. The van der Waals surface area contributed by atoms with Gasteiger partial charge in [0.1, 0.15) is 4.60 Å². The van der Waals surface area contributed by atoms with Gasteiger partial charge < -0.3 is 0 Å². The van der Waals surface area contributed by atoms with Crippen LogP contribution in [0.5, 0.6) is 0 Å². The van der Waals surface area contributed by atoms with Crippen LogP contribution in [0.2, 0.25) is 0 Å². The number of pyridine rings is 1. The molecule has 14 heavy (non-hydrogen) atoms. The van der Waals surface area contributed by atoms with E-state index >= 15 is 0 Å². The van der Waals surface area contributed by atoms with Crippen molar-refractivity contribution in [2.24, 2.45) is 0 Å². The van der Waals surface area contributed by atoms with Crippen LogP contribution in [-0.2, 0) is 0 Å². The lowest BCUT2D eigenvalue weighted by Crippen LogP contribution is -1.83. The lowest BCUT2D eigenvalue weighted by Gasteiger charge is -2.01. The molecule has 0 amide bonds. The molecule has 1 heterocycles. The Bertz CT molecular complexity index is 411. The molecule has 0 unspecified atom stereocenters. The van der Waals surface area contributed by atoms with Crippen LogP contribution in [0.1, 0.15) is 0 Å². The van der Waals surface area contributed by atoms with Crippen molar-refractivity contribution >= 4 is 31.9 Å². The molecule has 0 radical (unpaired) electrons. The monoisotopic (exact) mass is 311 g/mol. The van der Waals surface area contributed by atoms with E-state index < -0.39 is 0 Å². The van der Waals surface area contributed by atoms with Crippen LogP contribution in [-0.4, -0.2) is 4.98 Å². The van der Waals surface area contributed by atoms with Gasteiger partial charge in [-0.1, -0.05) is 34.1 Å². The molecule has 0 saturated carbocycles. The Labute approximate surface area is 99.4 Å². The summed E-state index contributed by atoms with van der Waals surface area (Å²) < 4.78 is 1.92. The van der Waals surface area contributed by atoms with E-state index in [-0.39, 0.29) is 0 Å². The van der Waals surface area contributed by atoms with Gasteiger partial charge in [-0.25, -0.2) is 4.98 Å². The van der Waals surface area contributed by atoms with Crippen LogP contribution in [0.4, 0.5) is 0 Å². The van der Waals surface area contributed by atoms with Crippen molar-refractivity contribution in [1.82, 2.24) is 4.98 Å². The SMILES string of the molecule is Brc1cccc(-c2cccc(Br)n2)c1. The fourth-order valence-electron chi connectivity index (χ4n) is 1.22. The summed E-state index contributed by atoms with van der Waals surface area (Å²) in [4.78, 5) is 4.38. The molecule has 3 heteroatoms. The van der Waals surface area contributed by atoms with Crippen molar-refractivity contribution in [2.45, 2.75) is 0 Å². The highest BCUT2D eigenvalue weighted by Gasteiger charge is 1.99. The van der Waals surface area contributed by atoms with Crippen molar-refractivity contribution in [3.05, 3.63) is 51.5 Å². The summed E-state index contributed by atoms with van der Waals surface area (Å²) >= 11 is 6.79. The summed E-state index contributed by atoms with van der Waals surface area (Å²) in [5, 5.41) is 0. The lowest BCUT2D eigenvalue weighted by molar-refractivity contribution is 1.28. The number of aromatic nitrogens is 1. The number of nitrogens with zero attached hydrogens (tertiary/aromatic N) is 1. The highest BCUT2D eigenvalue weighted by atomic mass is 79.9. The normalized spacial score (nSPS) is 10.1. The third kappa shape index (κ3) is 2.22. The molecule has 0 aliphatic carbocycles. The number of halogens is 2. The van der Waals surface area contributed by atoms with E-state index in [1.54, 1.807) is 0 Å². The van der Waals surface area contributed by atoms with E-state index in [9.17, 15) is 0 Å². The number of benzene rings is 1. The zero-order valence-corrected chi connectivity index (χ0v) is 10.4. The Kier molecular flexibility index (Phi) is 2.99. The Morgan fingerprint density at radius 2 is 1.71 bits per heavy atom. The molecule has 0 fully saturated rings. The van der Waals surface area contributed by atoms with E-state index in [1.165, 1.54) is 0 Å². The molecule has 1 aromatic heterocycles. The van der Waals surface area contributed by atoms with Gasteiger partial charge in [0, 0.05) is 10.0 Å². The minimum Gasteiger partial charge on any atom is -0.241 e. The zero-order valence-electron chi connectivity index (χ0n) is 7.24. The molecule has 0 aliphatic heterocycles. The smallest absolute Gasteiger partial charge is 0.106 e. The average molecular weight is 313 g/mol. The largest absolute Gasteiger partial charge is 0.241 e. The van der Waals surface area contributed by atoms with E-state index in [2.05, 4.69) is 42.9 Å². The molecule has 0 spiro atoms. The Balaban J connectivity index is 2.49. The van der Waals surface area contributed by atoms with Crippen LogP contribution >= 0.6 is 31.9 Å². The minimum absolute atomic E-state index is 0.856. The van der Waals surface area contributed by atoms with Crippen LogP contribution in [0, 0.1) is 0 Å². The van der Waals surface area contributed by atoms with Crippen LogP contribution in [0.15, 0.2) is 51.5 Å². The van der Waals surface area contributed by atoms with Gasteiger partial charge in [-0.3, -0.25) is 0 Å². The molecule has 2 aromatic rings. The summed E-state index contributed by atoms with van der Waals surface area (Å²) in [6.45, 7) is 0. The van der Waals surface area contributed by atoms with Crippen LogP contribution in [0.3, 0.4) is 0 Å². The first-order chi connectivity index (χ1) is 6.75. The van der Waals surface area contributed by atoms with Gasteiger partial charge in [-0.2, -0.15) is 0 Å². The van der Waals surface area contributed by atoms with E-state index in [0.29, 0.717) is 0 Å². The maximum Gasteiger partial charge on any atom is 0.106 e. The Morgan fingerprint density at radius 3 is 2.43 bits per heavy atom. The third-order valence-corrected chi connectivity index (χ3v) is 2.77. The average Bonchev–Trinajstić information content (AvgIpc) is 2.18. The summed E-state index contributed by atoms with van der Waals surface area (Å²) in [5.41, 5.74) is 2.08. The van der Waals surface area contributed by atoms with Gasteiger partial charge >= 0.3 is 0 Å². The molecule has 0 N–H and O–H groups in total. The Hall–Kier alpha value is -0.670. The number of hydrogen-bond donors (Lipinski definition) is 0. The highest BCUT2D eigenvalue weighted by Crippen LogP contribution is 2.22. The van der Waals surface area contributed by atoms with E-state index in [4.69, 9.17) is 0 Å². The fraction of sp³-hybridized carbons (Fsp3) is 0. The second-order valence-electron chi connectivity index (χ2n) is 2.86. The molecule has 2 rings (SSSR count). The van der Waals surface area contributed by atoms with Gasteiger partial charge in [0.15, 0.2) is 0 Å². The van der Waals surface area contributed by atoms with Crippen LogP contribution in [0.25, 0.3) is 11.3 Å². The summed E-state index contributed by atoms with van der Waals surface area (Å²) in [6.07, 6.45) is 0. The number of hydrogen-bond acceptors (Lipinski definition) is 1. The van der Waals surface area contributed by atoms with Crippen molar-refractivity contribution in [2.75, 3.05) is 0 Å². The van der Waals surface area contributed by atoms with Crippen molar-refractivity contribution < 1.29 is 0 Å². The first kappa shape index (κ1) is 9.87. The molecule has 1 nitrogen and oxygen atoms in total. The molecular weight excluding hydrogens is 306 g/mol. The van der Waals surface area contributed by atoms with Gasteiger partial charge in [-0.15, -0.1) is 0 Å². The molecule has 0 atom stereocenters. The maximum absolute atomic E-state index is 4.38. The standard InChI is InChI=1S/C11H7Br2N/c12-9-4-1-3-8(7-9)10-5-2-6-11(13)14-10/h1-7H. The molecule has 1 aromatic carbocycles. The number of rotatable bonds is 1. The van der Waals surface area contributed by atoms with E-state index in [0.717, 1.165) is 20.3 Å². The second kappa shape index (κ2) is 4.24. The third-order valence-electron chi connectivity index (χ3n) is 1.84. The zero-order chi connectivity index (χ0) is 9.97. The lowest BCUT2D eigenvalue weighted by atomic mass is 10.1. The second-order valence-corrected chi connectivity index (χ2v) is 4.58. The summed E-state index contributed by atoms with van der Waals surface area (Å²) in [5.74, 6) is 0. The van der Waals surface area contributed by atoms with Crippen LogP contribution < -0.4 is 0 Å².